The Morgan fingerprint density at radius 3 is 2.86 bits per heavy atom. The van der Waals surface area contributed by atoms with Gasteiger partial charge in [-0.3, -0.25) is 4.79 Å². The number of halogens is 1. The van der Waals surface area contributed by atoms with E-state index in [-0.39, 0.29) is 18.6 Å². The lowest BCUT2D eigenvalue weighted by molar-refractivity contribution is -0.118. The number of fused-ring (bicyclic) bond motifs is 1. The average Bonchev–Trinajstić information content (AvgIpc) is 2.49. The maximum atomic E-state index is 11.4. The van der Waals surface area contributed by atoms with Crippen molar-refractivity contribution in [2.75, 3.05) is 19.0 Å². The molecule has 0 saturated heterocycles. The molecule has 21 heavy (non-hydrogen) atoms. The summed E-state index contributed by atoms with van der Waals surface area (Å²) in [4.78, 5) is 11.4. The van der Waals surface area contributed by atoms with Crippen LogP contribution in [0.15, 0.2) is 42.5 Å². The third-order valence-corrected chi connectivity index (χ3v) is 3.82. The van der Waals surface area contributed by atoms with Crippen molar-refractivity contribution in [3.63, 3.8) is 0 Å². The summed E-state index contributed by atoms with van der Waals surface area (Å²) in [5.74, 6) is 0.547. The molecule has 0 aromatic heterocycles. The Bertz CT molecular complexity index is 688. The molecule has 5 heteroatoms. The van der Waals surface area contributed by atoms with Crippen LogP contribution in [-0.2, 0) is 4.79 Å². The topological polar surface area (TPSA) is 50.4 Å². The van der Waals surface area contributed by atoms with Crippen LogP contribution in [0.1, 0.15) is 17.2 Å². The molecule has 4 nitrogen and oxygen atoms in total. The number of rotatable bonds is 3. The number of benzene rings is 2. The highest BCUT2D eigenvalue weighted by Gasteiger charge is 2.20. The molecule has 2 aromatic rings. The van der Waals surface area contributed by atoms with Gasteiger partial charge in [-0.1, -0.05) is 35.9 Å². The minimum atomic E-state index is -0.140. The minimum absolute atomic E-state index is 0.0529. The summed E-state index contributed by atoms with van der Waals surface area (Å²) < 4.78 is 5.38. The predicted molar refractivity (Wildman–Crippen MR) is 82.9 cm³/mol. The monoisotopic (exact) mass is 302 g/mol. The van der Waals surface area contributed by atoms with Gasteiger partial charge in [0.05, 0.1) is 11.7 Å². The van der Waals surface area contributed by atoms with Crippen molar-refractivity contribution in [1.82, 2.24) is 5.32 Å². The third-order valence-electron chi connectivity index (χ3n) is 3.47. The Morgan fingerprint density at radius 2 is 2.10 bits per heavy atom. The van der Waals surface area contributed by atoms with Crippen LogP contribution in [0.4, 0.5) is 5.69 Å². The van der Waals surface area contributed by atoms with Crippen molar-refractivity contribution < 1.29 is 9.53 Å². The van der Waals surface area contributed by atoms with E-state index in [0.29, 0.717) is 16.5 Å². The second kappa shape index (κ2) is 5.76. The van der Waals surface area contributed by atoms with E-state index in [4.69, 9.17) is 16.3 Å². The molecule has 0 bridgehead atoms. The summed E-state index contributed by atoms with van der Waals surface area (Å²) in [6.45, 7) is 0.0618. The summed E-state index contributed by atoms with van der Waals surface area (Å²) in [5, 5.41) is 6.78. The number of carbonyl (C=O) groups is 1. The largest absolute Gasteiger partial charge is 0.482 e. The predicted octanol–water partition coefficient (Wildman–Crippen LogP) is 2.98. The smallest absolute Gasteiger partial charge is 0.262 e. The summed E-state index contributed by atoms with van der Waals surface area (Å²) >= 11 is 6.28. The van der Waals surface area contributed by atoms with Crippen molar-refractivity contribution in [1.29, 1.82) is 0 Å². The normalized spacial score (nSPS) is 14.9. The number of amides is 1. The van der Waals surface area contributed by atoms with E-state index in [0.717, 1.165) is 11.1 Å². The van der Waals surface area contributed by atoms with Crippen LogP contribution in [0.5, 0.6) is 5.75 Å². The standard InChI is InChI=1S/C16H15ClN2O2/c1-18-16(11-4-2-3-5-12(11)17)10-6-7-14-13(8-10)19-15(20)9-21-14/h2-8,16,18H,9H2,1H3,(H,19,20). The van der Waals surface area contributed by atoms with Gasteiger partial charge in [0.2, 0.25) is 0 Å². The number of ether oxygens (including phenoxy) is 1. The van der Waals surface area contributed by atoms with Crippen LogP contribution in [0.3, 0.4) is 0 Å². The Labute approximate surface area is 128 Å². The van der Waals surface area contributed by atoms with Gasteiger partial charge < -0.3 is 15.4 Å². The Balaban J connectivity index is 2.00. The molecular formula is C16H15ClN2O2. The Kier molecular flexibility index (Phi) is 3.82. The molecule has 1 aliphatic rings. The molecule has 1 amide bonds. The van der Waals surface area contributed by atoms with E-state index >= 15 is 0 Å². The van der Waals surface area contributed by atoms with Crippen molar-refractivity contribution in [2.45, 2.75) is 6.04 Å². The second-order valence-corrected chi connectivity index (χ2v) is 5.24. The molecule has 2 aromatic carbocycles. The number of hydrogen-bond donors (Lipinski definition) is 2. The first-order chi connectivity index (χ1) is 10.2. The third kappa shape index (κ3) is 2.73. The van der Waals surface area contributed by atoms with Crippen molar-refractivity contribution >= 4 is 23.2 Å². The lowest BCUT2D eigenvalue weighted by Gasteiger charge is -2.22. The Hall–Kier alpha value is -2.04. The van der Waals surface area contributed by atoms with Crippen LogP contribution in [0.25, 0.3) is 0 Å². The van der Waals surface area contributed by atoms with Gasteiger partial charge in [-0.15, -0.1) is 0 Å². The fourth-order valence-electron chi connectivity index (χ4n) is 2.49. The fourth-order valence-corrected chi connectivity index (χ4v) is 2.74. The van der Waals surface area contributed by atoms with Crippen LogP contribution in [0.2, 0.25) is 5.02 Å². The highest BCUT2D eigenvalue weighted by atomic mass is 35.5. The molecule has 0 fully saturated rings. The molecule has 1 atom stereocenters. The van der Waals surface area contributed by atoms with E-state index in [9.17, 15) is 4.79 Å². The minimum Gasteiger partial charge on any atom is -0.482 e. The van der Waals surface area contributed by atoms with Gasteiger partial charge in [0, 0.05) is 5.02 Å². The van der Waals surface area contributed by atoms with Gasteiger partial charge in [-0.2, -0.15) is 0 Å². The first-order valence-electron chi connectivity index (χ1n) is 6.67. The van der Waals surface area contributed by atoms with Crippen molar-refractivity contribution in [2.24, 2.45) is 0 Å². The molecule has 0 spiro atoms. The van der Waals surface area contributed by atoms with Gasteiger partial charge in [0.15, 0.2) is 6.61 Å². The van der Waals surface area contributed by atoms with Gasteiger partial charge >= 0.3 is 0 Å². The number of hydrogen-bond acceptors (Lipinski definition) is 3. The number of anilines is 1. The van der Waals surface area contributed by atoms with Crippen molar-refractivity contribution in [3.8, 4) is 5.75 Å². The lowest BCUT2D eigenvalue weighted by atomic mass is 9.98. The molecule has 1 heterocycles. The molecule has 0 aliphatic carbocycles. The van der Waals surface area contributed by atoms with E-state index in [1.807, 2.05) is 49.5 Å². The Morgan fingerprint density at radius 1 is 1.29 bits per heavy atom. The molecule has 0 saturated carbocycles. The number of carbonyl (C=O) groups excluding carboxylic acids is 1. The summed E-state index contributed by atoms with van der Waals surface area (Å²) in [6.07, 6.45) is 0. The first-order valence-corrected chi connectivity index (χ1v) is 7.05. The molecule has 2 N–H and O–H groups in total. The van der Waals surface area contributed by atoms with E-state index < -0.39 is 0 Å². The summed E-state index contributed by atoms with van der Waals surface area (Å²) in [6, 6.07) is 13.4. The maximum absolute atomic E-state index is 11.4. The summed E-state index contributed by atoms with van der Waals surface area (Å²) in [5.41, 5.74) is 2.69. The lowest BCUT2D eigenvalue weighted by Crippen LogP contribution is -2.26. The molecule has 1 unspecified atom stereocenters. The zero-order valence-electron chi connectivity index (χ0n) is 11.5. The molecule has 1 aliphatic heterocycles. The van der Waals surface area contributed by atoms with Gasteiger partial charge in [0.1, 0.15) is 5.75 Å². The molecule has 108 valence electrons. The van der Waals surface area contributed by atoms with Crippen molar-refractivity contribution in [3.05, 3.63) is 58.6 Å². The zero-order valence-corrected chi connectivity index (χ0v) is 12.3. The second-order valence-electron chi connectivity index (χ2n) is 4.84. The fraction of sp³-hybridized carbons (Fsp3) is 0.188. The van der Waals surface area contributed by atoms with Crippen LogP contribution in [0, 0.1) is 0 Å². The van der Waals surface area contributed by atoms with Gasteiger partial charge in [-0.05, 0) is 36.4 Å². The van der Waals surface area contributed by atoms with Crippen LogP contribution in [-0.4, -0.2) is 19.6 Å². The quantitative estimate of drug-likeness (QED) is 0.916. The maximum Gasteiger partial charge on any atom is 0.262 e. The highest BCUT2D eigenvalue weighted by molar-refractivity contribution is 6.31. The van der Waals surface area contributed by atoms with E-state index in [2.05, 4.69) is 10.6 Å². The van der Waals surface area contributed by atoms with Crippen LogP contribution < -0.4 is 15.4 Å². The van der Waals surface area contributed by atoms with E-state index in [1.54, 1.807) is 0 Å². The molecule has 3 rings (SSSR count). The molecule has 0 radical (unpaired) electrons. The first kappa shape index (κ1) is 13.9. The zero-order chi connectivity index (χ0) is 14.8. The van der Waals surface area contributed by atoms with Crippen LogP contribution >= 0.6 is 11.6 Å². The van der Waals surface area contributed by atoms with Gasteiger partial charge in [0.25, 0.3) is 5.91 Å². The molecular weight excluding hydrogens is 288 g/mol. The van der Waals surface area contributed by atoms with Gasteiger partial charge in [-0.25, -0.2) is 0 Å². The van der Waals surface area contributed by atoms with E-state index in [1.165, 1.54) is 0 Å². The summed E-state index contributed by atoms with van der Waals surface area (Å²) in [7, 11) is 1.88. The number of nitrogens with one attached hydrogen (secondary N) is 2. The average molecular weight is 303 g/mol. The highest BCUT2D eigenvalue weighted by Crippen LogP contribution is 2.34. The SMILES string of the molecule is CNC(c1ccc2c(c1)NC(=O)CO2)c1ccccc1Cl.